The monoisotopic (exact) mass is 534 g/mol. The van der Waals surface area contributed by atoms with Gasteiger partial charge in [-0.15, -0.1) is 11.3 Å². The Kier molecular flexibility index (Phi) is 8.48. The maximum atomic E-state index is 14.0. The van der Waals surface area contributed by atoms with Crippen molar-refractivity contribution in [2.45, 2.75) is 57.5 Å². The Hall–Kier alpha value is -3.52. The predicted octanol–water partition coefficient (Wildman–Crippen LogP) is 5.68. The van der Waals surface area contributed by atoms with Crippen LogP contribution in [-0.4, -0.2) is 37.7 Å². The highest BCUT2D eigenvalue weighted by atomic mass is 32.1. The summed E-state index contributed by atoms with van der Waals surface area (Å²) in [7, 11) is 0. The van der Waals surface area contributed by atoms with Gasteiger partial charge in [0.05, 0.1) is 13.0 Å². The number of hydrogen-bond donors (Lipinski definition) is 1. The average molecular weight is 535 g/mol. The SMILES string of the molecule is CCOc1ccc(C(C(=O)NC2CCCCC2)N(C(=O)Cc2cccs2)c2ccc3c(c2)OCCO3)cc1. The third-order valence-corrected chi connectivity index (χ3v) is 7.82. The van der Waals surface area contributed by atoms with Crippen molar-refractivity contribution in [2.24, 2.45) is 0 Å². The van der Waals surface area contributed by atoms with E-state index in [1.165, 1.54) is 17.8 Å². The number of hydrogen-bond acceptors (Lipinski definition) is 6. The van der Waals surface area contributed by atoms with Crippen LogP contribution in [0.15, 0.2) is 60.0 Å². The molecule has 2 aliphatic rings. The summed E-state index contributed by atoms with van der Waals surface area (Å²) in [4.78, 5) is 30.6. The number of carbonyl (C=O) groups excluding carboxylic acids is 2. The number of fused-ring (bicyclic) bond motifs is 1. The summed E-state index contributed by atoms with van der Waals surface area (Å²) in [6.07, 6.45) is 5.49. The van der Waals surface area contributed by atoms with Gasteiger partial charge in [0.15, 0.2) is 11.5 Å². The molecule has 200 valence electrons. The molecule has 1 saturated carbocycles. The molecule has 0 radical (unpaired) electrons. The van der Waals surface area contributed by atoms with E-state index in [2.05, 4.69) is 5.32 Å². The first-order valence-corrected chi connectivity index (χ1v) is 14.3. The zero-order valence-electron chi connectivity index (χ0n) is 21.7. The van der Waals surface area contributed by atoms with E-state index in [0.29, 0.717) is 37.0 Å². The minimum absolute atomic E-state index is 0.107. The quantitative estimate of drug-likeness (QED) is 0.382. The third-order valence-electron chi connectivity index (χ3n) is 6.94. The number of ether oxygens (including phenoxy) is 3. The lowest BCUT2D eigenvalue weighted by molar-refractivity contribution is -0.127. The molecule has 1 aromatic heterocycles. The van der Waals surface area contributed by atoms with Gasteiger partial charge in [-0.3, -0.25) is 14.5 Å². The van der Waals surface area contributed by atoms with Crippen LogP contribution in [-0.2, 0) is 16.0 Å². The van der Waals surface area contributed by atoms with Crippen molar-refractivity contribution in [3.05, 3.63) is 70.4 Å². The van der Waals surface area contributed by atoms with Gasteiger partial charge in [0.25, 0.3) is 0 Å². The van der Waals surface area contributed by atoms with Gasteiger partial charge in [0, 0.05) is 22.7 Å². The molecule has 1 aliphatic heterocycles. The second kappa shape index (κ2) is 12.3. The molecule has 0 saturated heterocycles. The van der Waals surface area contributed by atoms with E-state index in [4.69, 9.17) is 14.2 Å². The molecule has 5 rings (SSSR count). The van der Waals surface area contributed by atoms with E-state index in [0.717, 1.165) is 41.9 Å². The van der Waals surface area contributed by atoms with Crippen LogP contribution in [0.4, 0.5) is 5.69 Å². The Morgan fingerprint density at radius 2 is 1.79 bits per heavy atom. The molecule has 1 aliphatic carbocycles. The molecule has 0 spiro atoms. The second-order valence-electron chi connectivity index (χ2n) is 9.60. The highest BCUT2D eigenvalue weighted by Gasteiger charge is 2.35. The van der Waals surface area contributed by atoms with Crippen molar-refractivity contribution in [2.75, 3.05) is 24.7 Å². The minimum Gasteiger partial charge on any atom is -0.494 e. The summed E-state index contributed by atoms with van der Waals surface area (Å²) in [5, 5.41) is 5.22. The number of nitrogens with zero attached hydrogens (tertiary/aromatic N) is 1. The molecule has 2 aromatic carbocycles. The first-order valence-electron chi connectivity index (χ1n) is 13.4. The molecule has 3 aromatic rings. The smallest absolute Gasteiger partial charge is 0.248 e. The fourth-order valence-electron chi connectivity index (χ4n) is 5.12. The van der Waals surface area contributed by atoms with Gasteiger partial charge in [-0.05, 0) is 61.0 Å². The molecular weight excluding hydrogens is 500 g/mol. The van der Waals surface area contributed by atoms with Crippen LogP contribution in [0.5, 0.6) is 17.2 Å². The fraction of sp³-hybridized carbons (Fsp3) is 0.400. The first kappa shape index (κ1) is 26.1. The lowest BCUT2D eigenvalue weighted by atomic mass is 9.94. The maximum absolute atomic E-state index is 14.0. The lowest BCUT2D eigenvalue weighted by Crippen LogP contribution is -2.47. The number of rotatable bonds is 9. The largest absolute Gasteiger partial charge is 0.494 e. The molecule has 38 heavy (non-hydrogen) atoms. The fourth-order valence-corrected chi connectivity index (χ4v) is 5.82. The number of carbonyl (C=O) groups is 2. The summed E-state index contributed by atoms with van der Waals surface area (Å²) in [6, 6.07) is 16.0. The molecule has 1 N–H and O–H groups in total. The van der Waals surface area contributed by atoms with E-state index in [9.17, 15) is 9.59 Å². The topological polar surface area (TPSA) is 77.1 Å². The van der Waals surface area contributed by atoms with E-state index >= 15 is 0 Å². The Balaban J connectivity index is 1.55. The van der Waals surface area contributed by atoms with Gasteiger partial charge in [0.2, 0.25) is 11.8 Å². The van der Waals surface area contributed by atoms with Crippen LogP contribution in [0.1, 0.15) is 55.5 Å². The zero-order valence-corrected chi connectivity index (χ0v) is 22.5. The number of nitrogens with one attached hydrogen (secondary N) is 1. The Bertz CT molecular complexity index is 1220. The van der Waals surface area contributed by atoms with Crippen molar-refractivity contribution in [1.29, 1.82) is 0 Å². The minimum atomic E-state index is -0.859. The zero-order chi connectivity index (χ0) is 26.3. The molecule has 1 fully saturated rings. The molecule has 0 bridgehead atoms. The second-order valence-corrected chi connectivity index (χ2v) is 10.6. The Morgan fingerprint density at radius 1 is 1.03 bits per heavy atom. The molecule has 1 atom stereocenters. The number of thiophene rings is 1. The average Bonchev–Trinajstić information content (AvgIpc) is 3.45. The molecule has 8 heteroatoms. The van der Waals surface area contributed by atoms with Crippen LogP contribution in [0.25, 0.3) is 0 Å². The van der Waals surface area contributed by atoms with E-state index < -0.39 is 6.04 Å². The molecule has 7 nitrogen and oxygen atoms in total. The standard InChI is InChI=1S/C30H34N2O5S/c1-2-35-24-13-10-21(11-14-24)29(30(34)31-22-7-4-3-5-8-22)32(28(33)20-25-9-6-18-38-25)23-12-15-26-27(19-23)37-17-16-36-26/h6,9-15,18-19,22,29H,2-5,7-8,16-17,20H2,1H3,(H,31,34). The van der Waals surface area contributed by atoms with Crippen LogP contribution >= 0.6 is 11.3 Å². The first-order chi connectivity index (χ1) is 18.6. The number of benzene rings is 2. The summed E-state index contributed by atoms with van der Waals surface area (Å²) >= 11 is 1.53. The predicted molar refractivity (Wildman–Crippen MR) is 148 cm³/mol. The van der Waals surface area contributed by atoms with Gasteiger partial charge in [0.1, 0.15) is 25.0 Å². The third kappa shape index (κ3) is 6.13. The van der Waals surface area contributed by atoms with Gasteiger partial charge in [-0.1, -0.05) is 37.5 Å². The lowest BCUT2D eigenvalue weighted by Gasteiger charge is -2.34. The van der Waals surface area contributed by atoms with Gasteiger partial charge in [-0.2, -0.15) is 0 Å². The van der Waals surface area contributed by atoms with Crippen LogP contribution < -0.4 is 24.4 Å². The van der Waals surface area contributed by atoms with Crippen LogP contribution in [0, 0.1) is 0 Å². The number of anilines is 1. The van der Waals surface area contributed by atoms with Gasteiger partial charge >= 0.3 is 0 Å². The van der Waals surface area contributed by atoms with Crippen molar-refractivity contribution in [3.63, 3.8) is 0 Å². The molecule has 2 heterocycles. The van der Waals surface area contributed by atoms with Crippen molar-refractivity contribution < 1.29 is 23.8 Å². The molecule has 1 unspecified atom stereocenters. The van der Waals surface area contributed by atoms with Crippen LogP contribution in [0.3, 0.4) is 0 Å². The highest BCUT2D eigenvalue weighted by Crippen LogP contribution is 2.38. The molecule has 2 amide bonds. The Labute approximate surface area is 227 Å². The molecular formula is C30H34N2O5S. The van der Waals surface area contributed by atoms with Crippen molar-refractivity contribution in [1.82, 2.24) is 5.32 Å². The summed E-state index contributed by atoms with van der Waals surface area (Å²) < 4.78 is 17.2. The Morgan fingerprint density at radius 3 is 2.50 bits per heavy atom. The van der Waals surface area contributed by atoms with Crippen molar-refractivity contribution in [3.8, 4) is 17.2 Å². The summed E-state index contributed by atoms with van der Waals surface area (Å²) in [5.41, 5.74) is 1.31. The number of amides is 2. The van der Waals surface area contributed by atoms with E-state index in [-0.39, 0.29) is 24.3 Å². The van der Waals surface area contributed by atoms with E-state index in [1.807, 2.05) is 60.8 Å². The normalized spacial score (nSPS) is 15.9. The highest BCUT2D eigenvalue weighted by molar-refractivity contribution is 7.10. The summed E-state index contributed by atoms with van der Waals surface area (Å²) in [6.45, 7) is 3.39. The summed E-state index contributed by atoms with van der Waals surface area (Å²) in [5.74, 6) is 1.58. The van der Waals surface area contributed by atoms with E-state index in [1.54, 1.807) is 11.0 Å². The van der Waals surface area contributed by atoms with Crippen molar-refractivity contribution >= 4 is 28.8 Å². The maximum Gasteiger partial charge on any atom is 0.248 e. The van der Waals surface area contributed by atoms with Gasteiger partial charge in [-0.25, -0.2) is 0 Å². The van der Waals surface area contributed by atoms with Gasteiger partial charge < -0.3 is 19.5 Å². The van der Waals surface area contributed by atoms with Crippen LogP contribution in [0.2, 0.25) is 0 Å².